The van der Waals surface area contributed by atoms with E-state index in [9.17, 15) is 9.65 Å². The summed E-state index contributed by atoms with van der Waals surface area (Å²) in [6.07, 6.45) is 6.52. The fourth-order valence-electron chi connectivity index (χ4n) is 7.76. The van der Waals surface area contributed by atoms with Crippen molar-refractivity contribution in [1.29, 1.82) is 5.26 Å². The van der Waals surface area contributed by atoms with Crippen molar-refractivity contribution < 1.29 is 18.3 Å². The van der Waals surface area contributed by atoms with Gasteiger partial charge in [-0.3, -0.25) is 4.98 Å². The van der Waals surface area contributed by atoms with Crippen LogP contribution in [0.25, 0.3) is 32.2 Å². The third-order valence-corrected chi connectivity index (χ3v) is 11.4. The highest BCUT2D eigenvalue weighted by molar-refractivity contribution is 7.23. The van der Waals surface area contributed by atoms with Crippen molar-refractivity contribution in [2.24, 2.45) is 5.41 Å². The number of nitriles is 1. The molecule has 1 aliphatic carbocycles. The van der Waals surface area contributed by atoms with Gasteiger partial charge in [0.2, 0.25) is 0 Å². The number of hydrogen-bond donors (Lipinski definition) is 2. The van der Waals surface area contributed by atoms with E-state index in [0.717, 1.165) is 81.5 Å². The second kappa shape index (κ2) is 10.2. The highest BCUT2D eigenvalue weighted by Crippen LogP contribution is 2.49. The molecule has 4 fully saturated rings. The van der Waals surface area contributed by atoms with Gasteiger partial charge in [-0.15, -0.1) is 11.3 Å². The summed E-state index contributed by atoms with van der Waals surface area (Å²) in [7, 11) is 0. The lowest BCUT2D eigenvalue weighted by molar-refractivity contribution is 0.111. The first-order valence-corrected chi connectivity index (χ1v) is 16.5. The molecule has 2 unspecified atom stereocenters. The Balaban J connectivity index is 1.25. The Kier molecular flexibility index (Phi) is 6.23. The Morgan fingerprint density at radius 2 is 1.91 bits per heavy atom. The highest BCUT2D eigenvalue weighted by Gasteiger charge is 2.46. The van der Waals surface area contributed by atoms with Gasteiger partial charge in [0, 0.05) is 48.1 Å². The molecule has 1 aromatic carbocycles. The number of nitrogens with zero attached hydrogens (tertiary/aromatic N) is 6. The third-order valence-electron chi connectivity index (χ3n) is 10.4. The summed E-state index contributed by atoms with van der Waals surface area (Å²) in [5.41, 5.74) is 8.14. The maximum absolute atomic E-state index is 17.2. The van der Waals surface area contributed by atoms with Crippen molar-refractivity contribution in [2.75, 3.05) is 50.0 Å². The molecule has 0 radical (unpaired) electrons. The van der Waals surface area contributed by atoms with Crippen molar-refractivity contribution in [3.8, 4) is 23.3 Å². The molecule has 9 rings (SSSR count). The van der Waals surface area contributed by atoms with Gasteiger partial charge in [-0.1, -0.05) is 0 Å². The predicted octanol–water partition coefficient (Wildman–Crippen LogP) is 4.47. The molecule has 232 valence electrons. The molecular formula is C32H32F2N8O2S. The van der Waals surface area contributed by atoms with E-state index in [0.29, 0.717) is 23.4 Å². The number of ether oxygens (including phenoxy) is 2. The molecule has 2 atom stereocenters. The number of pyridine rings is 1. The summed E-state index contributed by atoms with van der Waals surface area (Å²) in [5.74, 6) is -0.540. The molecule has 1 saturated carbocycles. The van der Waals surface area contributed by atoms with Crippen molar-refractivity contribution in [3.63, 3.8) is 0 Å². The lowest BCUT2D eigenvalue weighted by Gasteiger charge is -2.37. The topological polar surface area (TPSA) is 125 Å². The number of fused-ring (bicyclic) bond motifs is 6. The van der Waals surface area contributed by atoms with Crippen LogP contribution in [0.15, 0.2) is 6.20 Å². The van der Waals surface area contributed by atoms with Crippen LogP contribution in [0.1, 0.15) is 48.8 Å². The zero-order valence-electron chi connectivity index (χ0n) is 24.7. The van der Waals surface area contributed by atoms with Crippen molar-refractivity contribution >= 4 is 43.1 Å². The van der Waals surface area contributed by atoms with Crippen molar-refractivity contribution in [2.45, 2.75) is 57.4 Å². The van der Waals surface area contributed by atoms with E-state index in [-0.39, 0.29) is 74.1 Å². The number of nitrogen functional groups attached to an aromatic ring is 1. The molecule has 0 amide bonds. The normalized spacial score (nSPS) is 23.4. The van der Waals surface area contributed by atoms with Gasteiger partial charge in [0.25, 0.3) is 0 Å². The van der Waals surface area contributed by atoms with E-state index < -0.39 is 11.6 Å². The van der Waals surface area contributed by atoms with Gasteiger partial charge in [0.1, 0.15) is 22.4 Å². The van der Waals surface area contributed by atoms with E-state index in [4.69, 9.17) is 25.2 Å². The molecule has 10 nitrogen and oxygen atoms in total. The second-order valence-corrected chi connectivity index (χ2v) is 14.2. The molecule has 7 heterocycles. The quantitative estimate of drug-likeness (QED) is 0.302. The Morgan fingerprint density at radius 1 is 1.13 bits per heavy atom. The lowest BCUT2D eigenvalue weighted by Crippen LogP contribution is -2.52. The Bertz CT molecular complexity index is 1920. The van der Waals surface area contributed by atoms with Gasteiger partial charge in [-0.05, 0) is 56.3 Å². The van der Waals surface area contributed by atoms with Gasteiger partial charge in [-0.25, -0.2) is 8.78 Å². The minimum absolute atomic E-state index is 0.0820. The maximum Gasteiger partial charge on any atom is 0.319 e. The SMILES string of the molecule is N#Cc1c(N)sc2c(F)cnc(-c3c4c(c5c(N6C7CCC6CNC7)nc(OCC6(CN7CCC7)CC6)nc5c3F)COC4)c12. The fraction of sp³-hybridized carbons (Fsp3) is 0.500. The summed E-state index contributed by atoms with van der Waals surface area (Å²) in [6.45, 7) is 5.76. The summed E-state index contributed by atoms with van der Waals surface area (Å²) >= 11 is 0.962. The van der Waals surface area contributed by atoms with Crippen molar-refractivity contribution in [1.82, 2.24) is 25.2 Å². The zero-order chi connectivity index (χ0) is 30.4. The molecule has 4 aromatic rings. The average Bonchev–Trinajstić information content (AvgIpc) is 3.33. The van der Waals surface area contributed by atoms with Crippen LogP contribution in [0.4, 0.5) is 19.6 Å². The van der Waals surface area contributed by atoms with E-state index in [1.165, 1.54) is 6.42 Å². The number of thiophene rings is 1. The largest absolute Gasteiger partial charge is 0.463 e. The van der Waals surface area contributed by atoms with E-state index in [1.807, 2.05) is 0 Å². The molecule has 5 aliphatic rings. The number of hydrogen-bond acceptors (Lipinski definition) is 11. The van der Waals surface area contributed by atoms with Crippen LogP contribution in [-0.4, -0.2) is 71.3 Å². The highest BCUT2D eigenvalue weighted by atomic mass is 32.1. The van der Waals surface area contributed by atoms with E-state index >= 15 is 4.39 Å². The van der Waals surface area contributed by atoms with E-state index in [1.54, 1.807) is 0 Å². The van der Waals surface area contributed by atoms with Crippen LogP contribution in [0.2, 0.25) is 0 Å². The molecule has 3 N–H and O–H groups in total. The van der Waals surface area contributed by atoms with Gasteiger partial charge in [0.15, 0.2) is 11.6 Å². The van der Waals surface area contributed by atoms with Gasteiger partial charge in [-0.2, -0.15) is 15.2 Å². The van der Waals surface area contributed by atoms with Crippen LogP contribution in [0, 0.1) is 28.4 Å². The van der Waals surface area contributed by atoms with Gasteiger partial charge >= 0.3 is 6.01 Å². The van der Waals surface area contributed by atoms with E-state index in [2.05, 4.69) is 26.2 Å². The number of anilines is 2. The molecule has 3 aromatic heterocycles. The number of aromatic nitrogens is 3. The van der Waals surface area contributed by atoms with Crippen LogP contribution in [-0.2, 0) is 18.0 Å². The first-order chi connectivity index (χ1) is 21.9. The minimum atomic E-state index is -0.610. The summed E-state index contributed by atoms with van der Waals surface area (Å²) < 4.78 is 44.7. The average molecular weight is 631 g/mol. The molecule has 3 saturated heterocycles. The molecule has 0 spiro atoms. The summed E-state index contributed by atoms with van der Waals surface area (Å²) in [5, 5.41) is 14.5. The van der Waals surface area contributed by atoms with Crippen LogP contribution in [0.3, 0.4) is 0 Å². The molecule has 4 aliphatic heterocycles. The van der Waals surface area contributed by atoms with Gasteiger partial charge in [0.05, 0.1) is 47.4 Å². The number of piperazine rings is 1. The Morgan fingerprint density at radius 3 is 2.62 bits per heavy atom. The molecular weight excluding hydrogens is 598 g/mol. The smallest absolute Gasteiger partial charge is 0.319 e. The standard InChI is InChI=1S/C32H32F2N8O2S/c33-21-11-38-26(23-18(8-35)29(36)45-28(21)23)22-19-12-43-13-20(19)24-27(25(22)34)39-31(44-15-32(4-5-32)14-41-6-1-7-41)40-30(24)42-16-2-3-17(42)10-37-9-16/h11,16-17,37H,1-7,9-10,12-15,36H2. The van der Waals surface area contributed by atoms with Gasteiger partial charge < -0.3 is 30.3 Å². The first-order valence-electron chi connectivity index (χ1n) is 15.7. The summed E-state index contributed by atoms with van der Waals surface area (Å²) in [4.78, 5) is 18.9. The third kappa shape index (κ3) is 4.22. The molecule has 13 heteroatoms. The number of nitrogens with two attached hydrogens (primary N) is 1. The fourth-order valence-corrected chi connectivity index (χ4v) is 8.68. The Hall–Kier alpha value is -3.70. The summed E-state index contributed by atoms with van der Waals surface area (Å²) in [6, 6.07) is 2.68. The van der Waals surface area contributed by atoms with Crippen LogP contribution < -0.4 is 20.7 Å². The zero-order valence-corrected chi connectivity index (χ0v) is 25.5. The van der Waals surface area contributed by atoms with Crippen LogP contribution >= 0.6 is 11.3 Å². The maximum atomic E-state index is 17.2. The molecule has 2 bridgehead atoms. The predicted molar refractivity (Wildman–Crippen MR) is 166 cm³/mol. The Labute approximate surface area is 262 Å². The number of rotatable bonds is 7. The van der Waals surface area contributed by atoms with Crippen LogP contribution in [0.5, 0.6) is 6.01 Å². The second-order valence-electron chi connectivity index (χ2n) is 13.2. The lowest BCUT2D eigenvalue weighted by atomic mass is 9.93. The number of halogens is 2. The first kappa shape index (κ1) is 27.6. The monoisotopic (exact) mass is 630 g/mol. The molecule has 45 heavy (non-hydrogen) atoms. The number of benzene rings is 1. The minimum Gasteiger partial charge on any atom is -0.463 e. The number of likely N-dealkylation sites (tertiary alicyclic amines) is 1. The number of nitrogens with one attached hydrogen (secondary N) is 1. The van der Waals surface area contributed by atoms with Crippen molar-refractivity contribution in [3.05, 3.63) is 34.5 Å².